The summed E-state index contributed by atoms with van der Waals surface area (Å²) in [5.74, 6) is 0.555. The summed E-state index contributed by atoms with van der Waals surface area (Å²) in [6.45, 7) is 5.34. The van der Waals surface area contributed by atoms with Gasteiger partial charge in [-0.3, -0.25) is 15.4 Å². The Morgan fingerprint density at radius 2 is 1.77 bits per heavy atom. The van der Waals surface area contributed by atoms with Crippen LogP contribution in [0, 0.1) is 10.1 Å². The van der Waals surface area contributed by atoms with E-state index >= 15 is 0 Å². The fourth-order valence-corrected chi connectivity index (χ4v) is 2.88. The number of pyridine rings is 1. The summed E-state index contributed by atoms with van der Waals surface area (Å²) in [5, 5.41) is 18.3. The Morgan fingerprint density at radius 1 is 1.07 bits per heavy atom. The zero-order valence-corrected chi connectivity index (χ0v) is 17.1. The Balaban J connectivity index is 2.00. The first kappa shape index (κ1) is 20.8. The van der Waals surface area contributed by atoms with Gasteiger partial charge in [0.05, 0.1) is 10.6 Å². The van der Waals surface area contributed by atoms with Crippen LogP contribution in [0.1, 0.15) is 20.8 Å². The third kappa shape index (κ3) is 4.57. The largest absolute Gasteiger partial charge is 0.449 e. The molecule has 2 N–H and O–H groups in total. The van der Waals surface area contributed by atoms with Gasteiger partial charge in [0.1, 0.15) is 11.4 Å². The Bertz CT molecular complexity index is 1110. The fourth-order valence-electron chi connectivity index (χ4n) is 2.88. The molecule has 0 saturated carbocycles. The molecule has 0 saturated heterocycles. The average Bonchev–Trinajstić information content (AvgIpc) is 2.68. The number of amides is 1. The second kappa shape index (κ2) is 8.24. The summed E-state index contributed by atoms with van der Waals surface area (Å²) in [6.07, 6.45) is 0.846. The Morgan fingerprint density at radius 3 is 2.40 bits per heavy atom. The molecule has 1 heterocycles. The smallest absolute Gasteiger partial charge is 0.412 e. The van der Waals surface area contributed by atoms with E-state index in [4.69, 9.17) is 9.47 Å². The van der Waals surface area contributed by atoms with Gasteiger partial charge in [-0.05, 0) is 32.9 Å². The summed E-state index contributed by atoms with van der Waals surface area (Å²) >= 11 is 0. The predicted molar refractivity (Wildman–Crippen MR) is 114 cm³/mol. The highest BCUT2D eigenvalue weighted by Crippen LogP contribution is 2.39. The van der Waals surface area contributed by atoms with Gasteiger partial charge in [0.2, 0.25) is 11.6 Å². The van der Waals surface area contributed by atoms with Crippen molar-refractivity contribution in [1.82, 2.24) is 4.98 Å². The van der Waals surface area contributed by atoms with E-state index in [0.717, 1.165) is 0 Å². The molecule has 0 aliphatic carbocycles. The zero-order valence-electron chi connectivity index (χ0n) is 17.1. The van der Waals surface area contributed by atoms with Gasteiger partial charge >= 0.3 is 11.8 Å². The molecule has 3 rings (SSSR count). The number of aromatic nitrogens is 1. The van der Waals surface area contributed by atoms with E-state index in [2.05, 4.69) is 15.6 Å². The third-order valence-electron chi connectivity index (χ3n) is 4.05. The van der Waals surface area contributed by atoms with Gasteiger partial charge in [-0.15, -0.1) is 0 Å². The quantitative estimate of drug-likeness (QED) is 0.432. The van der Waals surface area contributed by atoms with E-state index in [1.807, 2.05) is 18.2 Å². The summed E-state index contributed by atoms with van der Waals surface area (Å²) < 4.78 is 11.2. The Labute approximate surface area is 173 Å². The van der Waals surface area contributed by atoms with Crippen LogP contribution in [0.2, 0.25) is 0 Å². The maximum absolute atomic E-state index is 12.2. The highest BCUT2D eigenvalue weighted by Gasteiger charge is 2.23. The van der Waals surface area contributed by atoms with Crippen LogP contribution in [-0.2, 0) is 4.74 Å². The molecular weight excluding hydrogens is 388 g/mol. The lowest BCUT2D eigenvalue weighted by atomic mass is 10.1. The number of nitrogens with zero attached hydrogens (tertiary/aromatic N) is 2. The number of hydrogen-bond donors (Lipinski definition) is 2. The Kier molecular flexibility index (Phi) is 5.72. The molecule has 3 aromatic rings. The average molecular weight is 410 g/mol. The first-order valence-corrected chi connectivity index (χ1v) is 9.20. The first-order valence-electron chi connectivity index (χ1n) is 9.20. The van der Waals surface area contributed by atoms with Gasteiger partial charge < -0.3 is 14.8 Å². The maximum atomic E-state index is 12.2. The van der Waals surface area contributed by atoms with Gasteiger partial charge in [0, 0.05) is 30.1 Å². The number of ether oxygens (including phenoxy) is 2. The van der Waals surface area contributed by atoms with Gasteiger partial charge in [0.25, 0.3) is 0 Å². The van der Waals surface area contributed by atoms with Gasteiger partial charge in [0.15, 0.2) is 0 Å². The SMILES string of the molecule is CNc1nccc(Oc2ccc(NC(=O)OC(C)(C)C)c3ccccc23)c1[N+](=O)[O-]. The van der Waals surface area contributed by atoms with Crippen LogP contribution in [0.3, 0.4) is 0 Å². The van der Waals surface area contributed by atoms with Gasteiger partial charge in [-0.25, -0.2) is 9.78 Å². The second-order valence-electron chi connectivity index (χ2n) is 7.40. The van der Waals surface area contributed by atoms with Crippen molar-refractivity contribution < 1.29 is 19.2 Å². The predicted octanol–water partition coefficient (Wildman–Crippen LogP) is 5.32. The number of carbonyl (C=O) groups is 1. The number of rotatable bonds is 5. The number of fused-ring (bicyclic) bond motifs is 1. The minimum atomic E-state index is -0.631. The molecule has 1 amide bonds. The number of anilines is 2. The van der Waals surface area contributed by atoms with Crippen LogP contribution in [-0.4, -0.2) is 28.6 Å². The number of carbonyl (C=O) groups excluding carboxylic acids is 1. The maximum Gasteiger partial charge on any atom is 0.412 e. The van der Waals surface area contributed by atoms with E-state index in [1.54, 1.807) is 46.0 Å². The van der Waals surface area contributed by atoms with Crippen molar-refractivity contribution in [3.63, 3.8) is 0 Å². The lowest BCUT2D eigenvalue weighted by Gasteiger charge is -2.20. The zero-order chi connectivity index (χ0) is 21.9. The topological polar surface area (TPSA) is 116 Å². The molecule has 0 spiro atoms. The van der Waals surface area contributed by atoms with Crippen LogP contribution in [0.25, 0.3) is 10.8 Å². The standard InChI is InChI=1S/C21H22N4O5/c1-21(2,3)30-20(26)24-15-9-10-16(14-8-6-5-7-13(14)15)29-17-11-12-23-19(22-4)18(17)25(27)28/h5-12H,1-4H3,(H,22,23)(H,24,26). The van der Waals surface area contributed by atoms with Crippen molar-refractivity contribution in [2.75, 3.05) is 17.7 Å². The molecule has 1 aromatic heterocycles. The highest BCUT2D eigenvalue weighted by molar-refractivity contribution is 6.03. The van der Waals surface area contributed by atoms with Crippen molar-refractivity contribution >= 4 is 34.1 Å². The monoisotopic (exact) mass is 410 g/mol. The van der Waals surface area contributed by atoms with Crippen LogP contribution < -0.4 is 15.4 Å². The van der Waals surface area contributed by atoms with Crippen LogP contribution >= 0.6 is 0 Å². The third-order valence-corrected chi connectivity index (χ3v) is 4.05. The summed E-state index contributed by atoms with van der Waals surface area (Å²) in [5.41, 5.74) is -0.360. The van der Waals surface area contributed by atoms with E-state index in [-0.39, 0.29) is 17.3 Å². The van der Waals surface area contributed by atoms with Crippen LogP contribution in [0.15, 0.2) is 48.7 Å². The molecule has 30 heavy (non-hydrogen) atoms. The number of benzene rings is 2. The minimum absolute atomic E-state index is 0.0531. The van der Waals surface area contributed by atoms with Crippen molar-refractivity contribution in [3.8, 4) is 11.5 Å². The molecule has 156 valence electrons. The van der Waals surface area contributed by atoms with Gasteiger partial charge in [-0.2, -0.15) is 0 Å². The highest BCUT2D eigenvalue weighted by atomic mass is 16.6. The van der Waals surface area contributed by atoms with E-state index in [1.165, 1.54) is 12.3 Å². The molecule has 0 bridgehead atoms. The molecule has 0 atom stereocenters. The molecule has 0 radical (unpaired) electrons. The van der Waals surface area contributed by atoms with Crippen LogP contribution in [0.5, 0.6) is 11.5 Å². The summed E-state index contributed by atoms with van der Waals surface area (Å²) in [4.78, 5) is 27.1. The Hall–Kier alpha value is -3.88. The molecule has 9 heteroatoms. The normalized spacial score (nSPS) is 11.1. The number of nitrogens with one attached hydrogen (secondary N) is 2. The van der Waals surface area contributed by atoms with Crippen molar-refractivity contribution in [3.05, 3.63) is 58.8 Å². The molecule has 9 nitrogen and oxygen atoms in total. The number of hydrogen-bond acceptors (Lipinski definition) is 7. The molecule has 0 unspecified atom stereocenters. The fraction of sp³-hybridized carbons (Fsp3) is 0.238. The minimum Gasteiger partial charge on any atom is -0.449 e. The summed E-state index contributed by atoms with van der Waals surface area (Å²) in [7, 11) is 1.55. The molecule has 0 aliphatic rings. The molecule has 0 fully saturated rings. The molecular formula is C21H22N4O5. The lowest BCUT2D eigenvalue weighted by Crippen LogP contribution is -2.27. The van der Waals surface area contributed by atoms with Crippen molar-refractivity contribution in [2.45, 2.75) is 26.4 Å². The van der Waals surface area contributed by atoms with Crippen LogP contribution in [0.4, 0.5) is 22.0 Å². The van der Waals surface area contributed by atoms with Crippen molar-refractivity contribution in [2.24, 2.45) is 0 Å². The van der Waals surface area contributed by atoms with E-state index in [0.29, 0.717) is 22.2 Å². The lowest BCUT2D eigenvalue weighted by molar-refractivity contribution is -0.385. The molecule has 2 aromatic carbocycles. The number of nitro groups is 1. The molecule has 0 aliphatic heterocycles. The van der Waals surface area contributed by atoms with Crippen molar-refractivity contribution in [1.29, 1.82) is 0 Å². The summed E-state index contributed by atoms with van der Waals surface area (Å²) in [6, 6.07) is 12.0. The van der Waals surface area contributed by atoms with Gasteiger partial charge in [-0.1, -0.05) is 24.3 Å². The van der Waals surface area contributed by atoms with E-state index < -0.39 is 16.6 Å². The first-order chi connectivity index (χ1) is 14.2. The van der Waals surface area contributed by atoms with E-state index in [9.17, 15) is 14.9 Å². The second-order valence-corrected chi connectivity index (χ2v) is 7.40.